The summed E-state index contributed by atoms with van der Waals surface area (Å²) in [6.07, 6.45) is 6.39. The number of halogens is 2. The highest BCUT2D eigenvalue weighted by Gasteiger charge is 2.42. The second kappa shape index (κ2) is 11.1. The molecule has 3 amide bonds. The van der Waals surface area contributed by atoms with Gasteiger partial charge in [0.25, 0.3) is 5.91 Å². The highest BCUT2D eigenvalue weighted by molar-refractivity contribution is 7.10. The van der Waals surface area contributed by atoms with Crippen molar-refractivity contribution < 1.29 is 23.2 Å². The van der Waals surface area contributed by atoms with E-state index in [0.29, 0.717) is 37.1 Å². The van der Waals surface area contributed by atoms with E-state index in [2.05, 4.69) is 17.1 Å². The quantitative estimate of drug-likeness (QED) is 0.518. The Balaban J connectivity index is 1.30. The number of carbonyl (C=O) groups excluding carboxylic acids is 3. The number of primary amides is 1. The van der Waals surface area contributed by atoms with Crippen molar-refractivity contribution in [1.29, 1.82) is 0 Å². The van der Waals surface area contributed by atoms with Crippen molar-refractivity contribution in [2.75, 3.05) is 13.1 Å². The Kier molecular flexibility index (Phi) is 7.81. The Morgan fingerprint density at radius 2 is 1.87 bits per heavy atom. The molecule has 1 aromatic carbocycles. The minimum Gasteiger partial charge on any atom is -0.366 e. The van der Waals surface area contributed by atoms with E-state index in [-0.39, 0.29) is 30.1 Å². The maximum Gasteiger partial charge on any atom is 0.257 e. The molecule has 3 atom stereocenters. The summed E-state index contributed by atoms with van der Waals surface area (Å²) in [6, 6.07) is 2.21. The van der Waals surface area contributed by atoms with Crippen LogP contribution in [-0.4, -0.2) is 52.7 Å². The first-order valence-corrected chi connectivity index (χ1v) is 14.4. The highest BCUT2D eigenvalue weighted by Crippen LogP contribution is 2.37. The molecule has 10 heteroatoms. The van der Waals surface area contributed by atoms with Crippen molar-refractivity contribution in [3.8, 4) is 0 Å². The van der Waals surface area contributed by atoms with Gasteiger partial charge in [0.1, 0.15) is 17.2 Å². The average Bonchev–Trinajstić information content (AvgIpc) is 3.44. The number of likely N-dealkylation sites (tertiary alicyclic amines) is 1. The monoisotopic (exact) mass is 544 g/mol. The van der Waals surface area contributed by atoms with Crippen molar-refractivity contribution in [3.05, 3.63) is 56.3 Å². The number of rotatable bonds is 8. The number of benzene rings is 1. The number of nitrogens with one attached hydrogen (secondary N) is 1. The van der Waals surface area contributed by atoms with Gasteiger partial charge in [0, 0.05) is 59.5 Å². The number of amides is 3. The van der Waals surface area contributed by atoms with E-state index in [1.165, 1.54) is 17.4 Å². The number of hydrogen-bond acceptors (Lipinski definition) is 5. The number of aryl methyl sites for hydroxylation is 1. The molecule has 2 bridgehead atoms. The van der Waals surface area contributed by atoms with Crippen molar-refractivity contribution in [2.24, 2.45) is 5.73 Å². The zero-order valence-corrected chi connectivity index (χ0v) is 22.4. The van der Waals surface area contributed by atoms with Crippen molar-refractivity contribution >= 4 is 29.1 Å². The molecule has 1 unspecified atom stereocenters. The number of piperazine rings is 1. The van der Waals surface area contributed by atoms with Crippen molar-refractivity contribution in [3.63, 3.8) is 0 Å². The van der Waals surface area contributed by atoms with Gasteiger partial charge in [-0.3, -0.25) is 19.3 Å². The van der Waals surface area contributed by atoms with Crippen LogP contribution in [0.15, 0.2) is 17.5 Å². The molecule has 0 spiro atoms. The van der Waals surface area contributed by atoms with Crippen molar-refractivity contribution in [1.82, 2.24) is 15.1 Å². The molecule has 7 nitrogen and oxygen atoms in total. The Labute approximate surface area is 225 Å². The molecule has 3 N–H and O–H groups in total. The summed E-state index contributed by atoms with van der Waals surface area (Å²) in [5, 5.41) is 4.45. The van der Waals surface area contributed by atoms with E-state index < -0.39 is 35.1 Å². The van der Waals surface area contributed by atoms with Gasteiger partial charge in [0.2, 0.25) is 11.8 Å². The zero-order chi connectivity index (χ0) is 27.0. The van der Waals surface area contributed by atoms with Crippen LogP contribution in [0.4, 0.5) is 8.78 Å². The first-order chi connectivity index (χ1) is 18.3. The van der Waals surface area contributed by atoms with E-state index in [4.69, 9.17) is 5.73 Å². The lowest BCUT2D eigenvalue weighted by Gasteiger charge is -2.41. The molecule has 0 saturated carbocycles. The fourth-order valence-electron chi connectivity index (χ4n) is 6.31. The van der Waals surface area contributed by atoms with Gasteiger partial charge in [-0.05, 0) is 44.6 Å². The lowest BCUT2D eigenvalue weighted by molar-refractivity contribution is -0.137. The van der Waals surface area contributed by atoms with Crippen LogP contribution in [0.3, 0.4) is 0 Å². The minimum atomic E-state index is -0.924. The number of nitrogens with two attached hydrogens (primary N) is 1. The van der Waals surface area contributed by atoms with Gasteiger partial charge < -0.3 is 16.0 Å². The fourth-order valence-corrected chi connectivity index (χ4v) is 7.45. The van der Waals surface area contributed by atoms with Gasteiger partial charge in [-0.2, -0.15) is 0 Å². The number of nitrogens with zero attached hydrogens (tertiary/aromatic N) is 2. The molecule has 1 aromatic heterocycles. The van der Waals surface area contributed by atoms with Crippen LogP contribution in [0.2, 0.25) is 0 Å². The third-order valence-corrected chi connectivity index (χ3v) is 9.17. The lowest BCUT2D eigenvalue weighted by atomic mass is 9.90. The summed E-state index contributed by atoms with van der Waals surface area (Å²) in [5.74, 6) is -3.02. The third kappa shape index (κ3) is 5.08. The van der Waals surface area contributed by atoms with Gasteiger partial charge in [-0.15, -0.1) is 11.3 Å². The fraction of sp³-hybridized carbons (Fsp3) is 0.536. The summed E-state index contributed by atoms with van der Waals surface area (Å²) >= 11 is 1.42. The van der Waals surface area contributed by atoms with Crippen molar-refractivity contribution in [2.45, 2.75) is 83.0 Å². The Hall–Kier alpha value is -2.85. The number of hydrogen-bond donors (Lipinski definition) is 2. The molecule has 2 fully saturated rings. The number of carbonyl (C=O) groups is 3. The summed E-state index contributed by atoms with van der Waals surface area (Å²) in [7, 11) is 0. The van der Waals surface area contributed by atoms with Gasteiger partial charge in [-0.25, -0.2) is 8.78 Å². The number of thiophene rings is 1. The number of unbranched alkanes of at least 4 members (excludes halogenated alkanes) is 1. The van der Waals surface area contributed by atoms with Gasteiger partial charge in [0.15, 0.2) is 0 Å². The summed E-state index contributed by atoms with van der Waals surface area (Å²) < 4.78 is 30.4. The second-order valence-electron chi connectivity index (χ2n) is 10.6. The smallest absolute Gasteiger partial charge is 0.257 e. The summed E-state index contributed by atoms with van der Waals surface area (Å²) in [6.45, 7) is 3.57. The van der Waals surface area contributed by atoms with Gasteiger partial charge >= 0.3 is 0 Å². The topological polar surface area (TPSA) is 95.7 Å². The van der Waals surface area contributed by atoms with Crippen LogP contribution in [-0.2, 0) is 17.8 Å². The molecular weight excluding hydrogens is 510 g/mol. The molecule has 2 aromatic rings. The van der Waals surface area contributed by atoms with Crippen LogP contribution in [0.1, 0.15) is 94.6 Å². The van der Waals surface area contributed by atoms with E-state index in [0.717, 1.165) is 49.5 Å². The second-order valence-corrected chi connectivity index (χ2v) is 11.6. The molecule has 2 saturated heterocycles. The average molecular weight is 545 g/mol. The van der Waals surface area contributed by atoms with Crippen LogP contribution >= 0.6 is 11.3 Å². The van der Waals surface area contributed by atoms with E-state index in [1.54, 1.807) is 5.38 Å². The van der Waals surface area contributed by atoms with Gasteiger partial charge in [0.05, 0.1) is 11.6 Å². The van der Waals surface area contributed by atoms with Crippen LogP contribution in [0, 0.1) is 11.6 Å². The molecular formula is C28H34F2N4O3S. The maximum absolute atomic E-state index is 15.6. The predicted molar refractivity (Wildman–Crippen MR) is 141 cm³/mol. The van der Waals surface area contributed by atoms with Crippen LogP contribution in [0.25, 0.3) is 0 Å². The Bertz CT molecular complexity index is 1230. The number of fused-ring (bicyclic) bond motifs is 3. The molecule has 5 rings (SSSR count). The predicted octanol–water partition coefficient (Wildman–Crippen LogP) is 4.30. The molecule has 1 aliphatic carbocycles. The summed E-state index contributed by atoms with van der Waals surface area (Å²) in [4.78, 5) is 42.9. The normalized spacial score (nSPS) is 22.8. The molecule has 38 heavy (non-hydrogen) atoms. The van der Waals surface area contributed by atoms with Crippen LogP contribution < -0.4 is 11.1 Å². The van der Waals surface area contributed by atoms with E-state index in [1.807, 2.05) is 4.90 Å². The standard InChI is InChI=1S/C28H34F2N4O3S/c1-2-3-7-23(35)34-17-9-10-18(34)14-33(13-17)12-16-8-11-20(29)25(26(16)30)28(37)32-21-5-4-6-22-24(21)19(15-38-22)27(31)36/h8,11,15,17-18,21H,2-7,9-10,12-14H2,1H3,(H2,31,36)(H,32,37)/t17-,18+,21?. The minimum absolute atomic E-state index is 0.106. The zero-order valence-electron chi connectivity index (χ0n) is 21.6. The third-order valence-electron chi connectivity index (χ3n) is 8.11. The largest absolute Gasteiger partial charge is 0.366 e. The Morgan fingerprint density at radius 1 is 1.13 bits per heavy atom. The van der Waals surface area contributed by atoms with Crippen LogP contribution in [0.5, 0.6) is 0 Å². The lowest BCUT2D eigenvalue weighted by Crippen LogP contribution is -2.55. The maximum atomic E-state index is 15.6. The molecule has 0 radical (unpaired) electrons. The van der Waals surface area contributed by atoms with E-state index in [9.17, 15) is 18.8 Å². The SMILES string of the molecule is CCCCC(=O)N1[C@@H]2CC[C@H]1CN(Cc1ccc(F)c(C(=O)NC3CCCc4scc(C(N)=O)c43)c1F)C2. The summed E-state index contributed by atoms with van der Waals surface area (Å²) in [5.41, 5.74) is 6.18. The first-order valence-electron chi connectivity index (χ1n) is 13.5. The molecule has 3 heterocycles. The van der Waals surface area contributed by atoms with E-state index >= 15 is 4.39 Å². The molecule has 2 aliphatic heterocycles. The van der Waals surface area contributed by atoms with Gasteiger partial charge in [-0.1, -0.05) is 19.4 Å². The molecule has 204 valence electrons. The first kappa shape index (κ1) is 26.7. The Morgan fingerprint density at radius 3 is 2.55 bits per heavy atom. The molecule has 3 aliphatic rings. The highest BCUT2D eigenvalue weighted by atomic mass is 32.1.